The molecule has 1 aromatic rings. The fraction of sp³-hybridized carbons (Fsp3) is 0.769. The number of nitrogens with one attached hydrogen (secondary N) is 2. The highest BCUT2D eigenvalue weighted by atomic mass is 16.3. The lowest BCUT2D eigenvalue weighted by molar-refractivity contribution is -0.128. The SMILES string of the molecule is O=C1NCN(CCCn2cc(CO)nn2)C12CCNCC2. The van der Waals surface area contributed by atoms with Gasteiger partial charge in [0.15, 0.2) is 0 Å². The van der Waals surface area contributed by atoms with Crippen molar-refractivity contribution in [1.82, 2.24) is 30.5 Å². The molecule has 0 atom stereocenters. The number of carbonyl (C=O) groups excluding carboxylic acids is 1. The highest BCUT2D eigenvalue weighted by molar-refractivity contribution is 5.88. The maximum absolute atomic E-state index is 12.2. The maximum atomic E-state index is 12.2. The fourth-order valence-corrected chi connectivity index (χ4v) is 3.25. The number of piperidine rings is 1. The molecule has 2 fully saturated rings. The molecule has 2 aliphatic rings. The van der Waals surface area contributed by atoms with E-state index < -0.39 is 0 Å². The van der Waals surface area contributed by atoms with Gasteiger partial charge in [-0.1, -0.05) is 5.21 Å². The molecule has 1 aromatic heterocycles. The van der Waals surface area contributed by atoms with Crippen LogP contribution < -0.4 is 10.6 Å². The molecular weight excluding hydrogens is 272 g/mol. The zero-order valence-corrected chi connectivity index (χ0v) is 12.1. The number of aliphatic hydroxyl groups is 1. The largest absolute Gasteiger partial charge is 0.390 e. The minimum absolute atomic E-state index is 0.0827. The lowest BCUT2D eigenvalue weighted by Crippen LogP contribution is -2.55. The third-order valence-corrected chi connectivity index (χ3v) is 4.45. The minimum Gasteiger partial charge on any atom is -0.390 e. The molecule has 0 saturated carbocycles. The van der Waals surface area contributed by atoms with E-state index in [0.29, 0.717) is 12.4 Å². The van der Waals surface area contributed by atoms with Gasteiger partial charge in [0.05, 0.1) is 19.5 Å². The summed E-state index contributed by atoms with van der Waals surface area (Å²) in [7, 11) is 0. The Labute approximate surface area is 123 Å². The van der Waals surface area contributed by atoms with Crippen LogP contribution in [0.4, 0.5) is 0 Å². The molecule has 1 amide bonds. The van der Waals surface area contributed by atoms with E-state index in [1.54, 1.807) is 10.9 Å². The van der Waals surface area contributed by atoms with Crippen LogP contribution in [0.15, 0.2) is 6.20 Å². The molecule has 0 aromatic carbocycles. The van der Waals surface area contributed by atoms with E-state index in [9.17, 15) is 4.79 Å². The smallest absolute Gasteiger partial charge is 0.241 e. The molecule has 21 heavy (non-hydrogen) atoms. The Kier molecular flexibility index (Phi) is 4.18. The van der Waals surface area contributed by atoms with Gasteiger partial charge in [-0.3, -0.25) is 14.4 Å². The van der Waals surface area contributed by atoms with Gasteiger partial charge in [-0.15, -0.1) is 5.10 Å². The standard InChI is InChI=1S/C13H22N6O2/c20-9-11-8-19(17-16-11)7-1-6-18-10-15-12(21)13(18)2-4-14-5-3-13/h8,14,20H,1-7,9-10H2,(H,15,21). The van der Waals surface area contributed by atoms with Crippen molar-refractivity contribution in [2.75, 3.05) is 26.3 Å². The highest BCUT2D eigenvalue weighted by Gasteiger charge is 2.48. The predicted molar refractivity (Wildman–Crippen MR) is 75.1 cm³/mol. The van der Waals surface area contributed by atoms with Crippen LogP contribution in [-0.2, 0) is 17.9 Å². The Hall–Kier alpha value is -1.51. The zero-order chi connectivity index (χ0) is 14.7. The molecule has 3 heterocycles. The lowest BCUT2D eigenvalue weighted by atomic mass is 9.87. The molecule has 2 aliphatic heterocycles. The number of aromatic nitrogens is 3. The minimum atomic E-state index is -0.316. The Balaban J connectivity index is 1.55. The van der Waals surface area contributed by atoms with Crippen LogP contribution in [0.25, 0.3) is 0 Å². The van der Waals surface area contributed by atoms with Gasteiger partial charge in [0.2, 0.25) is 5.91 Å². The number of aliphatic hydroxyl groups excluding tert-OH is 1. The van der Waals surface area contributed by atoms with Crippen molar-refractivity contribution in [2.24, 2.45) is 0 Å². The van der Waals surface area contributed by atoms with E-state index in [-0.39, 0.29) is 18.1 Å². The summed E-state index contributed by atoms with van der Waals surface area (Å²) < 4.78 is 1.74. The average molecular weight is 294 g/mol. The van der Waals surface area contributed by atoms with Crippen LogP contribution in [0.5, 0.6) is 0 Å². The molecule has 2 saturated heterocycles. The first-order chi connectivity index (χ1) is 10.2. The highest BCUT2D eigenvalue weighted by Crippen LogP contribution is 2.29. The lowest BCUT2D eigenvalue weighted by Gasteiger charge is -2.38. The molecule has 8 heteroatoms. The van der Waals surface area contributed by atoms with Gasteiger partial charge in [-0.05, 0) is 32.4 Å². The summed E-state index contributed by atoms with van der Waals surface area (Å²) in [5, 5.41) is 23.1. The molecule has 3 rings (SSSR count). The molecule has 116 valence electrons. The van der Waals surface area contributed by atoms with Crippen LogP contribution in [0, 0.1) is 0 Å². The first-order valence-corrected chi connectivity index (χ1v) is 7.48. The molecule has 8 nitrogen and oxygen atoms in total. The quantitative estimate of drug-likeness (QED) is 0.623. The summed E-state index contributed by atoms with van der Waals surface area (Å²) in [5.74, 6) is 0.173. The van der Waals surface area contributed by atoms with Gasteiger partial charge in [0.1, 0.15) is 11.2 Å². The van der Waals surface area contributed by atoms with Gasteiger partial charge in [0, 0.05) is 13.1 Å². The van der Waals surface area contributed by atoms with E-state index in [1.807, 2.05) is 0 Å². The summed E-state index contributed by atoms with van der Waals surface area (Å²) in [6.45, 7) is 3.94. The Morgan fingerprint density at radius 1 is 1.33 bits per heavy atom. The van der Waals surface area contributed by atoms with Crippen molar-refractivity contribution in [2.45, 2.75) is 38.0 Å². The Morgan fingerprint density at radius 3 is 2.86 bits per heavy atom. The number of carbonyl (C=O) groups is 1. The van der Waals surface area contributed by atoms with Crippen LogP contribution >= 0.6 is 0 Å². The van der Waals surface area contributed by atoms with Gasteiger partial charge in [-0.2, -0.15) is 0 Å². The number of amides is 1. The van der Waals surface area contributed by atoms with E-state index in [4.69, 9.17) is 5.11 Å². The predicted octanol–water partition coefficient (Wildman–Crippen LogP) is -1.33. The monoisotopic (exact) mass is 294 g/mol. The normalized spacial score (nSPS) is 21.9. The average Bonchev–Trinajstić information content (AvgIpc) is 3.09. The number of hydrogen-bond donors (Lipinski definition) is 3. The van der Waals surface area contributed by atoms with Crippen molar-refractivity contribution < 1.29 is 9.90 Å². The van der Waals surface area contributed by atoms with Gasteiger partial charge in [0.25, 0.3) is 0 Å². The van der Waals surface area contributed by atoms with Crippen molar-refractivity contribution in [3.05, 3.63) is 11.9 Å². The van der Waals surface area contributed by atoms with Crippen molar-refractivity contribution in [3.63, 3.8) is 0 Å². The molecular formula is C13H22N6O2. The molecule has 1 spiro atoms. The summed E-state index contributed by atoms with van der Waals surface area (Å²) >= 11 is 0. The molecule has 3 N–H and O–H groups in total. The second kappa shape index (κ2) is 6.08. The second-order valence-electron chi connectivity index (χ2n) is 5.69. The summed E-state index contributed by atoms with van der Waals surface area (Å²) in [5.41, 5.74) is 0.270. The number of hydrogen-bond acceptors (Lipinski definition) is 6. The fourth-order valence-electron chi connectivity index (χ4n) is 3.25. The first kappa shape index (κ1) is 14.4. The van der Waals surface area contributed by atoms with Crippen LogP contribution in [0.3, 0.4) is 0 Å². The van der Waals surface area contributed by atoms with E-state index in [2.05, 4.69) is 25.8 Å². The van der Waals surface area contributed by atoms with Gasteiger partial charge >= 0.3 is 0 Å². The number of nitrogens with zero attached hydrogens (tertiary/aromatic N) is 4. The third-order valence-electron chi connectivity index (χ3n) is 4.45. The summed E-state index contributed by atoms with van der Waals surface area (Å²) in [4.78, 5) is 14.5. The maximum Gasteiger partial charge on any atom is 0.241 e. The number of aryl methyl sites for hydroxylation is 1. The molecule has 0 bridgehead atoms. The van der Waals surface area contributed by atoms with Crippen LogP contribution in [-0.4, -0.2) is 62.7 Å². The van der Waals surface area contributed by atoms with E-state index >= 15 is 0 Å². The topological polar surface area (TPSA) is 95.3 Å². The van der Waals surface area contributed by atoms with Crippen molar-refractivity contribution >= 4 is 5.91 Å². The number of rotatable bonds is 5. The first-order valence-electron chi connectivity index (χ1n) is 7.48. The Bertz CT molecular complexity index is 497. The summed E-state index contributed by atoms with van der Waals surface area (Å²) in [6, 6.07) is 0. The van der Waals surface area contributed by atoms with Crippen molar-refractivity contribution in [3.8, 4) is 0 Å². The van der Waals surface area contributed by atoms with Crippen molar-refractivity contribution in [1.29, 1.82) is 0 Å². The van der Waals surface area contributed by atoms with Gasteiger partial charge < -0.3 is 15.7 Å². The van der Waals surface area contributed by atoms with Gasteiger partial charge in [-0.25, -0.2) is 0 Å². The molecule has 0 unspecified atom stereocenters. The Morgan fingerprint density at radius 2 is 2.14 bits per heavy atom. The van der Waals surface area contributed by atoms with Crippen LogP contribution in [0.1, 0.15) is 25.0 Å². The van der Waals surface area contributed by atoms with E-state index in [0.717, 1.165) is 45.4 Å². The van der Waals surface area contributed by atoms with Crippen LogP contribution in [0.2, 0.25) is 0 Å². The summed E-state index contributed by atoms with van der Waals surface area (Å²) in [6.07, 6.45) is 4.40. The molecule has 0 radical (unpaired) electrons. The zero-order valence-electron chi connectivity index (χ0n) is 12.1. The third kappa shape index (κ3) is 2.78. The second-order valence-corrected chi connectivity index (χ2v) is 5.69. The molecule has 0 aliphatic carbocycles. The van der Waals surface area contributed by atoms with E-state index in [1.165, 1.54) is 0 Å².